The van der Waals surface area contributed by atoms with Gasteiger partial charge in [0.1, 0.15) is 11.3 Å². The summed E-state index contributed by atoms with van der Waals surface area (Å²) in [7, 11) is 0. The summed E-state index contributed by atoms with van der Waals surface area (Å²) < 4.78 is 6.17. The molecule has 2 heteroatoms. The maximum atomic E-state index is 6.17. The molecule has 1 nitrogen and oxygen atoms in total. The standard InChI is InChI=1S/C27H32OS/c1-3-5-7-8-9-11-19-29-25-18-17-24-20-26(28-27(24)21-25)23-15-13-22(14-16-23)12-10-6-4-2/h3,7-8,13-18,20-21H,1,4-6,9-12,19H2,2H3/b8-7+. The van der Waals surface area contributed by atoms with Crippen LogP contribution in [0.1, 0.15) is 51.0 Å². The summed E-state index contributed by atoms with van der Waals surface area (Å²) in [5.41, 5.74) is 3.54. The fraction of sp³-hybridized carbons (Fsp3) is 0.333. The van der Waals surface area contributed by atoms with Crippen molar-refractivity contribution in [2.45, 2.75) is 56.8 Å². The average Bonchev–Trinajstić information content (AvgIpc) is 3.17. The van der Waals surface area contributed by atoms with Crippen LogP contribution < -0.4 is 0 Å². The monoisotopic (exact) mass is 404 g/mol. The number of fused-ring (bicyclic) bond motifs is 1. The Bertz CT molecular complexity index is 917. The molecule has 1 heterocycles. The van der Waals surface area contributed by atoms with E-state index in [-0.39, 0.29) is 0 Å². The van der Waals surface area contributed by atoms with Crippen molar-refractivity contribution in [1.82, 2.24) is 0 Å². The highest BCUT2D eigenvalue weighted by atomic mass is 32.2. The predicted octanol–water partition coefficient (Wildman–Crippen LogP) is 8.84. The highest BCUT2D eigenvalue weighted by Gasteiger charge is 2.07. The van der Waals surface area contributed by atoms with Gasteiger partial charge in [0.15, 0.2) is 0 Å². The lowest BCUT2D eigenvalue weighted by atomic mass is 10.0. The first-order valence-electron chi connectivity index (χ1n) is 10.8. The molecular formula is C27H32OS. The molecule has 0 saturated heterocycles. The molecule has 1 aromatic heterocycles. The average molecular weight is 405 g/mol. The number of aryl methyl sites for hydroxylation is 1. The van der Waals surface area contributed by atoms with Crippen LogP contribution in [0.2, 0.25) is 0 Å². The van der Waals surface area contributed by atoms with E-state index in [9.17, 15) is 0 Å². The number of benzene rings is 2. The fourth-order valence-electron chi connectivity index (χ4n) is 3.36. The maximum absolute atomic E-state index is 6.17. The van der Waals surface area contributed by atoms with Crippen LogP contribution in [0.15, 0.2) is 82.7 Å². The van der Waals surface area contributed by atoms with Gasteiger partial charge in [-0.05, 0) is 67.7 Å². The lowest BCUT2D eigenvalue weighted by molar-refractivity contribution is 0.630. The zero-order valence-corrected chi connectivity index (χ0v) is 18.3. The number of thioether (sulfide) groups is 1. The van der Waals surface area contributed by atoms with Gasteiger partial charge in [-0.3, -0.25) is 0 Å². The van der Waals surface area contributed by atoms with Crippen molar-refractivity contribution in [1.29, 1.82) is 0 Å². The van der Waals surface area contributed by atoms with Crippen LogP contribution in [-0.4, -0.2) is 5.75 Å². The first-order chi connectivity index (χ1) is 14.3. The Morgan fingerprint density at radius 2 is 1.83 bits per heavy atom. The van der Waals surface area contributed by atoms with Crippen LogP contribution in [0.4, 0.5) is 0 Å². The summed E-state index contributed by atoms with van der Waals surface area (Å²) in [6.07, 6.45) is 14.6. The van der Waals surface area contributed by atoms with Gasteiger partial charge in [0.05, 0.1) is 0 Å². The Balaban J connectivity index is 1.58. The quantitative estimate of drug-likeness (QED) is 0.170. The van der Waals surface area contributed by atoms with Gasteiger partial charge in [-0.2, -0.15) is 0 Å². The Labute approximate surface area is 179 Å². The number of rotatable bonds is 12. The Kier molecular flexibility index (Phi) is 8.70. The summed E-state index contributed by atoms with van der Waals surface area (Å²) in [4.78, 5) is 1.28. The minimum Gasteiger partial charge on any atom is -0.456 e. The lowest BCUT2D eigenvalue weighted by Gasteiger charge is -2.02. The van der Waals surface area contributed by atoms with E-state index in [0.717, 1.165) is 35.5 Å². The molecule has 0 unspecified atom stereocenters. The van der Waals surface area contributed by atoms with Crippen molar-refractivity contribution in [3.05, 3.63) is 78.9 Å². The third kappa shape index (κ3) is 6.68. The van der Waals surface area contributed by atoms with E-state index in [1.54, 1.807) is 0 Å². The SMILES string of the molecule is C=CC/C=C/CCCSc1ccc2cc(-c3ccc(CCCCC)cc3)oc2c1. The van der Waals surface area contributed by atoms with Gasteiger partial charge in [0, 0.05) is 15.8 Å². The maximum Gasteiger partial charge on any atom is 0.135 e. The molecule has 0 aliphatic carbocycles. The van der Waals surface area contributed by atoms with E-state index < -0.39 is 0 Å². The van der Waals surface area contributed by atoms with Gasteiger partial charge in [0.25, 0.3) is 0 Å². The van der Waals surface area contributed by atoms with Crippen molar-refractivity contribution in [3.8, 4) is 11.3 Å². The van der Waals surface area contributed by atoms with Crippen LogP contribution in [0.25, 0.3) is 22.3 Å². The van der Waals surface area contributed by atoms with Crippen LogP contribution in [0.3, 0.4) is 0 Å². The largest absolute Gasteiger partial charge is 0.456 e. The molecule has 0 bridgehead atoms. The van der Waals surface area contributed by atoms with Gasteiger partial charge < -0.3 is 4.42 Å². The normalized spacial score (nSPS) is 11.5. The van der Waals surface area contributed by atoms with Crippen LogP contribution in [-0.2, 0) is 6.42 Å². The minimum atomic E-state index is 0.953. The fourth-order valence-corrected chi connectivity index (χ4v) is 4.26. The van der Waals surface area contributed by atoms with Gasteiger partial charge in [-0.1, -0.05) is 62.3 Å². The van der Waals surface area contributed by atoms with Gasteiger partial charge in [0.2, 0.25) is 0 Å². The van der Waals surface area contributed by atoms with Gasteiger partial charge in [-0.25, -0.2) is 0 Å². The molecule has 0 spiro atoms. The predicted molar refractivity (Wildman–Crippen MR) is 129 cm³/mol. The van der Waals surface area contributed by atoms with Crippen LogP contribution in [0, 0.1) is 0 Å². The third-order valence-electron chi connectivity index (χ3n) is 5.05. The van der Waals surface area contributed by atoms with Crippen molar-refractivity contribution in [2.75, 3.05) is 5.75 Å². The van der Waals surface area contributed by atoms with Crippen LogP contribution >= 0.6 is 11.8 Å². The molecular weight excluding hydrogens is 372 g/mol. The third-order valence-corrected chi connectivity index (χ3v) is 6.13. The molecule has 0 radical (unpaired) electrons. The minimum absolute atomic E-state index is 0.953. The number of hydrogen-bond acceptors (Lipinski definition) is 2. The number of hydrogen-bond donors (Lipinski definition) is 0. The van der Waals surface area contributed by atoms with E-state index in [2.05, 4.69) is 74.2 Å². The second-order valence-corrected chi connectivity index (χ2v) is 8.62. The van der Waals surface area contributed by atoms with Crippen molar-refractivity contribution < 1.29 is 4.42 Å². The van der Waals surface area contributed by atoms with E-state index in [4.69, 9.17) is 4.42 Å². The number of furan rings is 1. The van der Waals surface area contributed by atoms with Crippen molar-refractivity contribution in [3.63, 3.8) is 0 Å². The smallest absolute Gasteiger partial charge is 0.135 e. The topological polar surface area (TPSA) is 13.1 Å². The first-order valence-corrected chi connectivity index (χ1v) is 11.8. The molecule has 0 saturated carbocycles. The van der Waals surface area contributed by atoms with Crippen molar-refractivity contribution in [2.24, 2.45) is 0 Å². The molecule has 2 aromatic carbocycles. The van der Waals surface area contributed by atoms with E-state index >= 15 is 0 Å². The Morgan fingerprint density at radius 3 is 2.62 bits per heavy atom. The van der Waals surface area contributed by atoms with Crippen LogP contribution in [0.5, 0.6) is 0 Å². The molecule has 3 aromatic rings. The second-order valence-electron chi connectivity index (χ2n) is 7.45. The zero-order chi connectivity index (χ0) is 20.3. The lowest BCUT2D eigenvalue weighted by Crippen LogP contribution is -1.85. The molecule has 0 aliphatic heterocycles. The highest BCUT2D eigenvalue weighted by Crippen LogP contribution is 2.31. The number of allylic oxidation sites excluding steroid dienone is 3. The molecule has 29 heavy (non-hydrogen) atoms. The number of unbranched alkanes of at least 4 members (excludes halogenated alkanes) is 3. The molecule has 3 rings (SSSR count). The molecule has 152 valence electrons. The summed E-state index contributed by atoms with van der Waals surface area (Å²) in [6, 6.07) is 17.6. The summed E-state index contributed by atoms with van der Waals surface area (Å²) >= 11 is 1.90. The molecule has 0 amide bonds. The summed E-state index contributed by atoms with van der Waals surface area (Å²) in [5, 5.41) is 1.17. The van der Waals surface area contributed by atoms with Crippen molar-refractivity contribution >= 4 is 22.7 Å². The molecule has 0 N–H and O–H groups in total. The van der Waals surface area contributed by atoms with E-state index in [1.165, 1.54) is 47.9 Å². The molecule has 0 atom stereocenters. The second kappa shape index (κ2) is 11.7. The first kappa shape index (κ1) is 21.5. The summed E-state index contributed by atoms with van der Waals surface area (Å²) in [5.74, 6) is 2.08. The van der Waals surface area contributed by atoms with Gasteiger partial charge >= 0.3 is 0 Å². The zero-order valence-electron chi connectivity index (χ0n) is 17.5. The molecule has 0 fully saturated rings. The highest BCUT2D eigenvalue weighted by molar-refractivity contribution is 7.99. The molecule has 0 aliphatic rings. The van der Waals surface area contributed by atoms with Gasteiger partial charge in [-0.15, -0.1) is 18.3 Å². The van der Waals surface area contributed by atoms with E-state index in [0.29, 0.717) is 0 Å². The van der Waals surface area contributed by atoms with E-state index in [1.807, 2.05) is 17.8 Å². The summed E-state index contributed by atoms with van der Waals surface area (Å²) in [6.45, 7) is 5.98. The Hall–Kier alpha value is -2.19. The Morgan fingerprint density at radius 1 is 0.966 bits per heavy atom.